The quantitative estimate of drug-likeness (QED) is 0.637. The predicted molar refractivity (Wildman–Crippen MR) is 52.2 cm³/mol. The highest BCUT2D eigenvalue weighted by Crippen LogP contribution is 2.18. The van der Waals surface area contributed by atoms with Crippen molar-refractivity contribution in [3.8, 4) is 0 Å². The molecule has 0 aromatic rings. The third-order valence-corrected chi connectivity index (χ3v) is 2.95. The molecule has 0 radical (unpaired) electrons. The molecule has 2 heterocycles. The molecule has 0 aromatic heterocycles. The SMILES string of the molecule is COCCN1C(=O)N[C@@H]2CNCC[C@H]21. The van der Waals surface area contributed by atoms with E-state index in [2.05, 4.69) is 10.6 Å². The second kappa shape index (κ2) is 4.14. The lowest BCUT2D eigenvalue weighted by Crippen LogP contribution is -2.49. The maximum Gasteiger partial charge on any atom is 0.318 e. The van der Waals surface area contributed by atoms with E-state index in [0.29, 0.717) is 19.2 Å². The number of urea groups is 1. The Kier molecular flexibility index (Phi) is 2.88. The van der Waals surface area contributed by atoms with Crippen molar-refractivity contribution in [1.29, 1.82) is 0 Å². The summed E-state index contributed by atoms with van der Waals surface area (Å²) in [7, 11) is 1.66. The average Bonchev–Trinajstić information content (AvgIpc) is 2.51. The third kappa shape index (κ3) is 1.69. The van der Waals surface area contributed by atoms with Gasteiger partial charge in [0.2, 0.25) is 0 Å². The van der Waals surface area contributed by atoms with E-state index in [1.807, 2.05) is 4.90 Å². The van der Waals surface area contributed by atoms with Crippen molar-refractivity contribution < 1.29 is 9.53 Å². The Balaban J connectivity index is 1.96. The van der Waals surface area contributed by atoms with E-state index in [9.17, 15) is 4.79 Å². The summed E-state index contributed by atoms with van der Waals surface area (Å²) in [6.45, 7) is 3.20. The molecule has 0 saturated carbocycles. The molecule has 5 nitrogen and oxygen atoms in total. The normalized spacial score (nSPS) is 31.5. The number of rotatable bonds is 3. The molecule has 0 aromatic carbocycles. The minimum atomic E-state index is 0.0563. The second-order valence-electron chi connectivity index (χ2n) is 3.80. The highest BCUT2D eigenvalue weighted by Gasteiger charge is 2.39. The molecule has 2 aliphatic rings. The van der Waals surface area contributed by atoms with Crippen LogP contribution in [0.4, 0.5) is 4.79 Å². The number of ether oxygens (including phenoxy) is 1. The summed E-state index contributed by atoms with van der Waals surface area (Å²) < 4.78 is 4.99. The molecule has 2 atom stereocenters. The van der Waals surface area contributed by atoms with Crippen LogP contribution in [0.1, 0.15) is 6.42 Å². The van der Waals surface area contributed by atoms with Gasteiger partial charge in [0.1, 0.15) is 0 Å². The zero-order chi connectivity index (χ0) is 9.97. The molecule has 2 rings (SSSR count). The van der Waals surface area contributed by atoms with Crippen molar-refractivity contribution in [2.45, 2.75) is 18.5 Å². The van der Waals surface area contributed by atoms with Crippen LogP contribution in [0.3, 0.4) is 0 Å². The zero-order valence-corrected chi connectivity index (χ0v) is 8.45. The van der Waals surface area contributed by atoms with Gasteiger partial charge in [0.05, 0.1) is 18.7 Å². The number of methoxy groups -OCH3 is 1. The summed E-state index contributed by atoms with van der Waals surface area (Å²) in [5.41, 5.74) is 0. The lowest BCUT2D eigenvalue weighted by molar-refractivity contribution is 0.138. The van der Waals surface area contributed by atoms with Crippen molar-refractivity contribution >= 4 is 6.03 Å². The van der Waals surface area contributed by atoms with Gasteiger partial charge in [-0.05, 0) is 13.0 Å². The van der Waals surface area contributed by atoms with E-state index < -0.39 is 0 Å². The first-order valence-corrected chi connectivity index (χ1v) is 5.09. The van der Waals surface area contributed by atoms with Crippen LogP contribution in [0.2, 0.25) is 0 Å². The van der Waals surface area contributed by atoms with E-state index in [-0.39, 0.29) is 12.1 Å². The molecular formula is C9H17N3O2. The Hall–Kier alpha value is -0.810. The van der Waals surface area contributed by atoms with Crippen LogP contribution in [0, 0.1) is 0 Å². The molecule has 0 bridgehead atoms. The van der Waals surface area contributed by atoms with Gasteiger partial charge < -0.3 is 20.3 Å². The standard InChI is InChI=1S/C9H17N3O2/c1-14-5-4-12-8-2-3-10-6-7(8)11-9(12)13/h7-8,10H,2-6H2,1H3,(H,11,13)/t7-,8-/m1/s1. The minimum Gasteiger partial charge on any atom is -0.383 e. The van der Waals surface area contributed by atoms with Crippen molar-refractivity contribution in [2.75, 3.05) is 33.4 Å². The maximum atomic E-state index is 11.6. The van der Waals surface area contributed by atoms with Crippen molar-refractivity contribution in [2.24, 2.45) is 0 Å². The first kappa shape index (κ1) is 9.73. The molecule has 5 heteroatoms. The van der Waals surface area contributed by atoms with E-state index in [1.54, 1.807) is 7.11 Å². The van der Waals surface area contributed by atoms with E-state index in [1.165, 1.54) is 0 Å². The van der Waals surface area contributed by atoms with Gasteiger partial charge >= 0.3 is 6.03 Å². The Bertz CT molecular complexity index is 222. The summed E-state index contributed by atoms with van der Waals surface area (Å²) in [5.74, 6) is 0. The van der Waals surface area contributed by atoms with Crippen LogP contribution in [0.25, 0.3) is 0 Å². The number of hydrogen-bond donors (Lipinski definition) is 2. The molecular weight excluding hydrogens is 182 g/mol. The zero-order valence-electron chi connectivity index (χ0n) is 8.45. The Morgan fingerprint density at radius 2 is 2.50 bits per heavy atom. The third-order valence-electron chi connectivity index (χ3n) is 2.95. The first-order chi connectivity index (χ1) is 6.83. The maximum absolute atomic E-state index is 11.6. The van der Waals surface area contributed by atoms with Crippen LogP contribution >= 0.6 is 0 Å². The van der Waals surface area contributed by atoms with Crippen LogP contribution in [-0.2, 0) is 4.74 Å². The Morgan fingerprint density at radius 1 is 1.64 bits per heavy atom. The number of hydrogen-bond acceptors (Lipinski definition) is 3. The molecule has 2 aliphatic heterocycles. The highest BCUT2D eigenvalue weighted by molar-refractivity contribution is 5.77. The lowest BCUT2D eigenvalue weighted by atomic mass is 10.0. The molecule has 0 spiro atoms. The smallest absolute Gasteiger partial charge is 0.318 e. The summed E-state index contributed by atoms with van der Waals surface area (Å²) in [4.78, 5) is 13.5. The molecule has 2 amide bonds. The molecule has 0 unspecified atom stereocenters. The van der Waals surface area contributed by atoms with Gasteiger partial charge in [-0.25, -0.2) is 4.79 Å². The first-order valence-electron chi connectivity index (χ1n) is 5.09. The van der Waals surface area contributed by atoms with Gasteiger partial charge in [-0.3, -0.25) is 0 Å². The number of amides is 2. The monoisotopic (exact) mass is 199 g/mol. The number of fused-ring (bicyclic) bond motifs is 1. The summed E-state index contributed by atoms with van der Waals surface area (Å²) >= 11 is 0. The van der Waals surface area contributed by atoms with E-state index in [4.69, 9.17) is 4.74 Å². The number of nitrogens with one attached hydrogen (secondary N) is 2. The lowest BCUT2D eigenvalue weighted by Gasteiger charge is -2.30. The van der Waals surface area contributed by atoms with Crippen LogP contribution in [-0.4, -0.2) is 56.4 Å². The molecule has 14 heavy (non-hydrogen) atoms. The fraction of sp³-hybridized carbons (Fsp3) is 0.889. The van der Waals surface area contributed by atoms with Gasteiger partial charge in [-0.2, -0.15) is 0 Å². The van der Waals surface area contributed by atoms with Gasteiger partial charge in [0.25, 0.3) is 0 Å². The number of carbonyl (C=O) groups excluding carboxylic acids is 1. The summed E-state index contributed by atoms with van der Waals surface area (Å²) in [6, 6.07) is 0.702. The number of carbonyl (C=O) groups is 1. The van der Waals surface area contributed by atoms with Gasteiger partial charge in [0, 0.05) is 20.2 Å². The molecule has 2 fully saturated rings. The fourth-order valence-corrected chi connectivity index (χ4v) is 2.21. The topological polar surface area (TPSA) is 53.6 Å². The van der Waals surface area contributed by atoms with Gasteiger partial charge in [-0.15, -0.1) is 0 Å². The van der Waals surface area contributed by atoms with E-state index in [0.717, 1.165) is 19.5 Å². The number of piperidine rings is 1. The van der Waals surface area contributed by atoms with Gasteiger partial charge in [-0.1, -0.05) is 0 Å². The average molecular weight is 199 g/mol. The largest absolute Gasteiger partial charge is 0.383 e. The predicted octanol–water partition coefficient (Wildman–Crippen LogP) is -0.611. The van der Waals surface area contributed by atoms with Crippen LogP contribution in [0.15, 0.2) is 0 Å². The van der Waals surface area contributed by atoms with Crippen molar-refractivity contribution in [3.63, 3.8) is 0 Å². The van der Waals surface area contributed by atoms with E-state index >= 15 is 0 Å². The minimum absolute atomic E-state index is 0.0563. The molecule has 2 N–H and O–H groups in total. The van der Waals surface area contributed by atoms with Crippen LogP contribution < -0.4 is 10.6 Å². The Labute approximate surface area is 83.8 Å². The second-order valence-corrected chi connectivity index (χ2v) is 3.80. The summed E-state index contributed by atoms with van der Waals surface area (Å²) in [6.07, 6.45) is 1.03. The molecule has 80 valence electrons. The van der Waals surface area contributed by atoms with Gasteiger partial charge in [0.15, 0.2) is 0 Å². The summed E-state index contributed by atoms with van der Waals surface area (Å²) in [5, 5.41) is 6.26. The number of nitrogens with zero attached hydrogens (tertiary/aromatic N) is 1. The Morgan fingerprint density at radius 3 is 3.29 bits per heavy atom. The molecule has 0 aliphatic carbocycles. The highest BCUT2D eigenvalue weighted by atomic mass is 16.5. The van der Waals surface area contributed by atoms with Crippen molar-refractivity contribution in [3.05, 3.63) is 0 Å². The van der Waals surface area contributed by atoms with Crippen LogP contribution in [0.5, 0.6) is 0 Å². The fourth-order valence-electron chi connectivity index (χ4n) is 2.21. The van der Waals surface area contributed by atoms with Crippen molar-refractivity contribution in [1.82, 2.24) is 15.5 Å². The molecule has 2 saturated heterocycles.